The Morgan fingerprint density at radius 2 is 2.14 bits per heavy atom. The van der Waals surface area contributed by atoms with Crippen LogP contribution in [0.2, 0.25) is 0 Å². The van der Waals surface area contributed by atoms with Crippen LogP contribution in [0, 0.1) is 5.92 Å². The smallest absolute Gasteiger partial charge is 0.234 e. The Balaban J connectivity index is 1.37. The molecule has 1 aromatic rings. The highest BCUT2D eigenvalue weighted by Crippen LogP contribution is 2.36. The van der Waals surface area contributed by atoms with Crippen LogP contribution >= 0.6 is 0 Å². The second-order valence-corrected chi connectivity index (χ2v) is 6.21. The van der Waals surface area contributed by atoms with Gasteiger partial charge in [-0.25, -0.2) is 0 Å². The van der Waals surface area contributed by atoms with E-state index in [4.69, 9.17) is 4.74 Å². The molecule has 0 spiro atoms. The molecule has 2 atom stereocenters. The molecule has 114 valence electrons. The van der Waals surface area contributed by atoms with Crippen molar-refractivity contribution >= 4 is 5.91 Å². The largest absolute Gasteiger partial charge is 0.497 e. The summed E-state index contributed by atoms with van der Waals surface area (Å²) >= 11 is 0. The van der Waals surface area contributed by atoms with Crippen LogP contribution in [0.3, 0.4) is 0 Å². The number of benzene rings is 1. The van der Waals surface area contributed by atoms with Gasteiger partial charge in [0.05, 0.1) is 13.7 Å². The summed E-state index contributed by atoms with van der Waals surface area (Å²) in [5.41, 5.74) is 1.22. The van der Waals surface area contributed by atoms with Crippen molar-refractivity contribution in [2.75, 3.05) is 26.7 Å². The molecule has 0 aromatic heterocycles. The van der Waals surface area contributed by atoms with Gasteiger partial charge in [-0.05, 0) is 49.3 Å². The fourth-order valence-corrected chi connectivity index (χ4v) is 3.60. The number of amides is 1. The van der Waals surface area contributed by atoms with E-state index in [0.717, 1.165) is 24.6 Å². The lowest BCUT2D eigenvalue weighted by molar-refractivity contribution is -0.122. The van der Waals surface area contributed by atoms with Gasteiger partial charge in [-0.15, -0.1) is 0 Å². The summed E-state index contributed by atoms with van der Waals surface area (Å²) in [5.74, 6) is 1.88. The summed E-state index contributed by atoms with van der Waals surface area (Å²) in [6, 6.07) is 8.67. The summed E-state index contributed by atoms with van der Waals surface area (Å²) < 4.78 is 5.14. The van der Waals surface area contributed by atoms with E-state index in [2.05, 4.69) is 10.2 Å². The Labute approximate surface area is 126 Å². The van der Waals surface area contributed by atoms with Crippen LogP contribution in [0.25, 0.3) is 0 Å². The number of rotatable bonds is 6. The molecule has 2 aliphatic rings. The number of carbonyl (C=O) groups is 1. The minimum absolute atomic E-state index is 0.163. The lowest BCUT2D eigenvalue weighted by Crippen LogP contribution is -2.41. The first-order valence-electron chi connectivity index (χ1n) is 7.88. The van der Waals surface area contributed by atoms with Crippen molar-refractivity contribution in [1.82, 2.24) is 10.2 Å². The van der Waals surface area contributed by atoms with Crippen molar-refractivity contribution in [3.8, 4) is 5.75 Å². The number of carbonyl (C=O) groups excluding carboxylic acids is 1. The fraction of sp³-hybridized carbons (Fsp3) is 0.588. The number of hydrogen-bond acceptors (Lipinski definition) is 3. The monoisotopic (exact) mass is 288 g/mol. The summed E-state index contributed by atoms with van der Waals surface area (Å²) in [6.45, 7) is 2.40. The number of likely N-dealkylation sites (tertiary alicyclic amines) is 1. The van der Waals surface area contributed by atoms with Gasteiger partial charge in [0.1, 0.15) is 5.75 Å². The fourth-order valence-electron chi connectivity index (χ4n) is 3.60. The number of piperidine rings is 1. The number of methoxy groups -OCH3 is 1. The van der Waals surface area contributed by atoms with Crippen molar-refractivity contribution in [2.45, 2.75) is 31.7 Å². The zero-order valence-electron chi connectivity index (χ0n) is 12.7. The maximum absolute atomic E-state index is 12.0. The quantitative estimate of drug-likeness (QED) is 0.868. The standard InChI is InChI=1S/C17H24N2O2/c1-21-16-6-3-13(4-7-16)8-9-18-17(20)12-19-11-14-2-5-15(19)10-14/h3-4,6-7,14-15H,2,5,8-12H2,1H3,(H,18,20)/t14-,15-/m0/s1. The number of ether oxygens (including phenoxy) is 1. The molecule has 1 saturated heterocycles. The molecule has 3 rings (SSSR count). The minimum atomic E-state index is 0.163. The molecule has 1 N–H and O–H groups in total. The van der Waals surface area contributed by atoms with E-state index in [1.165, 1.54) is 24.8 Å². The van der Waals surface area contributed by atoms with Gasteiger partial charge in [0, 0.05) is 19.1 Å². The molecule has 1 aliphatic heterocycles. The molecule has 0 radical (unpaired) electrons. The maximum atomic E-state index is 12.0. The van der Waals surface area contributed by atoms with Crippen LogP contribution < -0.4 is 10.1 Å². The van der Waals surface area contributed by atoms with Gasteiger partial charge in [0.15, 0.2) is 0 Å². The van der Waals surface area contributed by atoms with Crippen molar-refractivity contribution < 1.29 is 9.53 Å². The van der Waals surface area contributed by atoms with Crippen molar-refractivity contribution in [2.24, 2.45) is 5.92 Å². The van der Waals surface area contributed by atoms with E-state index < -0.39 is 0 Å². The van der Waals surface area contributed by atoms with Gasteiger partial charge in [-0.2, -0.15) is 0 Å². The highest BCUT2D eigenvalue weighted by atomic mass is 16.5. The molecule has 4 heteroatoms. The molecular formula is C17H24N2O2. The normalized spacial score (nSPS) is 24.2. The Hall–Kier alpha value is -1.55. The van der Waals surface area contributed by atoms with Crippen LogP contribution in [-0.4, -0.2) is 43.6 Å². The molecule has 2 fully saturated rings. The SMILES string of the molecule is COc1ccc(CCNC(=O)CN2C[C@H]3CC[C@H]2C3)cc1. The third kappa shape index (κ3) is 3.56. The molecule has 1 aromatic carbocycles. The zero-order chi connectivity index (χ0) is 14.7. The third-order valence-electron chi connectivity index (χ3n) is 4.76. The van der Waals surface area contributed by atoms with Crippen LogP contribution in [0.15, 0.2) is 24.3 Å². The van der Waals surface area contributed by atoms with Gasteiger partial charge in [-0.3, -0.25) is 9.69 Å². The molecular weight excluding hydrogens is 264 g/mol. The van der Waals surface area contributed by atoms with Gasteiger partial charge < -0.3 is 10.1 Å². The first-order valence-corrected chi connectivity index (χ1v) is 7.88. The summed E-state index contributed by atoms with van der Waals surface area (Å²) in [7, 11) is 1.67. The first kappa shape index (κ1) is 14.4. The molecule has 0 unspecified atom stereocenters. The van der Waals surface area contributed by atoms with E-state index in [9.17, 15) is 4.79 Å². The average Bonchev–Trinajstić information content (AvgIpc) is 3.10. The Bertz CT molecular complexity index is 486. The molecule has 1 amide bonds. The second-order valence-electron chi connectivity index (χ2n) is 6.21. The lowest BCUT2D eigenvalue weighted by atomic mass is 10.1. The van der Waals surface area contributed by atoms with E-state index in [1.54, 1.807) is 7.11 Å². The van der Waals surface area contributed by atoms with Crippen molar-refractivity contribution in [3.63, 3.8) is 0 Å². The molecule has 1 aliphatic carbocycles. The van der Waals surface area contributed by atoms with Crippen molar-refractivity contribution in [3.05, 3.63) is 29.8 Å². The Morgan fingerprint density at radius 1 is 1.33 bits per heavy atom. The lowest BCUT2D eigenvalue weighted by Gasteiger charge is -2.25. The van der Waals surface area contributed by atoms with E-state index >= 15 is 0 Å². The molecule has 2 bridgehead atoms. The second kappa shape index (κ2) is 6.48. The Kier molecular flexibility index (Phi) is 4.44. The predicted octanol–water partition coefficient (Wildman–Crippen LogP) is 1.84. The highest BCUT2D eigenvalue weighted by molar-refractivity contribution is 5.78. The van der Waals surface area contributed by atoms with E-state index in [-0.39, 0.29) is 5.91 Å². The molecule has 4 nitrogen and oxygen atoms in total. The Morgan fingerprint density at radius 3 is 2.76 bits per heavy atom. The topological polar surface area (TPSA) is 41.6 Å². The molecule has 21 heavy (non-hydrogen) atoms. The third-order valence-corrected chi connectivity index (χ3v) is 4.76. The summed E-state index contributed by atoms with van der Waals surface area (Å²) in [5, 5.41) is 3.03. The van der Waals surface area contributed by atoms with Gasteiger partial charge in [0.25, 0.3) is 0 Å². The molecule has 1 saturated carbocycles. The summed E-state index contributed by atoms with van der Waals surface area (Å²) in [4.78, 5) is 14.4. The number of hydrogen-bond donors (Lipinski definition) is 1. The number of nitrogens with zero attached hydrogens (tertiary/aromatic N) is 1. The van der Waals surface area contributed by atoms with Gasteiger partial charge >= 0.3 is 0 Å². The average molecular weight is 288 g/mol. The van der Waals surface area contributed by atoms with E-state index in [0.29, 0.717) is 19.1 Å². The van der Waals surface area contributed by atoms with Crippen LogP contribution in [0.1, 0.15) is 24.8 Å². The van der Waals surface area contributed by atoms with Crippen molar-refractivity contribution in [1.29, 1.82) is 0 Å². The van der Waals surface area contributed by atoms with E-state index in [1.807, 2.05) is 24.3 Å². The van der Waals surface area contributed by atoms with Gasteiger partial charge in [-0.1, -0.05) is 12.1 Å². The highest BCUT2D eigenvalue weighted by Gasteiger charge is 2.38. The summed E-state index contributed by atoms with van der Waals surface area (Å²) in [6.07, 6.45) is 4.81. The number of nitrogens with one attached hydrogen (secondary N) is 1. The molecule has 1 heterocycles. The van der Waals surface area contributed by atoms with Crippen LogP contribution in [0.4, 0.5) is 0 Å². The number of fused-ring (bicyclic) bond motifs is 2. The van der Waals surface area contributed by atoms with Crippen LogP contribution in [-0.2, 0) is 11.2 Å². The maximum Gasteiger partial charge on any atom is 0.234 e. The zero-order valence-corrected chi connectivity index (χ0v) is 12.7. The predicted molar refractivity (Wildman–Crippen MR) is 82.4 cm³/mol. The van der Waals surface area contributed by atoms with Gasteiger partial charge in [0.2, 0.25) is 5.91 Å². The first-order chi connectivity index (χ1) is 10.2. The van der Waals surface area contributed by atoms with Crippen LogP contribution in [0.5, 0.6) is 5.75 Å². The minimum Gasteiger partial charge on any atom is -0.497 e.